The molecule has 0 fully saturated rings. The Kier molecular flexibility index (Phi) is 4.15. The van der Waals surface area contributed by atoms with Gasteiger partial charge in [-0.05, 0) is 12.0 Å². The molecule has 0 atom stereocenters. The van der Waals surface area contributed by atoms with Crippen molar-refractivity contribution in [2.45, 2.75) is 32.2 Å². The van der Waals surface area contributed by atoms with Gasteiger partial charge in [-0.2, -0.15) is 0 Å². The second kappa shape index (κ2) is 5.82. The molecule has 0 spiro atoms. The highest BCUT2D eigenvalue weighted by molar-refractivity contribution is 6.16. The molecule has 0 bridgehead atoms. The van der Waals surface area contributed by atoms with Crippen LogP contribution in [0.5, 0.6) is 0 Å². The minimum absolute atomic E-state index is 0.418. The molecule has 0 radical (unpaired) electrons. The fourth-order valence-electron chi connectivity index (χ4n) is 1.86. The predicted octanol–water partition coefficient (Wildman–Crippen LogP) is 3.02. The minimum atomic E-state index is 0.418. The van der Waals surface area contributed by atoms with E-state index >= 15 is 0 Å². The molecule has 0 aliphatic heterocycles. The SMILES string of the molecule is CCCn1c(CCl)nnc1Cc1ccccc1. The topological polar surface area (TPSA) is 30.7 Å². The van der Waals surface area contributed by atoms with Crippen molar-refractivity contribution < 1.29 is 0 Å². The van der Waals surface area contributed by atoms with Crippen molar-refractivity contribution in [3.63, 3.8) is 0 Å². The Morgan fingerprint density at radius 2 is 1.82 bits per heavy atom. The second-order valence-corrected chi connectivity index (χ2v) is 4.25. The van der Waals surface area contributed by atoms with E-state index in [0.29, 0.717) is 5.88 Å². The fourth-order valence-corrected chi connectivity index (χ4v) is 2.06. The molecule has 1 aromatic heterocycles. The van der Waals surface area contributed by atoms with Gasteiger partial charge in [0.2, 0.25) is 0 Å². The van der Waals surface area contributed by atoms with Crippen LogP contribution in [0.3, 0.4) is 0 Å². The molecule has 0 amide bonds. The molecule has 0 saturated heterocycles. The zero-order valence-electron chi connectivity index (χ0n) is 9.93. The molecule has 0 saturated carbocycles. The molecular weight excluding hydrogens is 234 g/mol. The number of hydrogen-bond acceptors (Lipinski definition) is 2. The zero-order valence-corrected chi connectivity index (χ0v) is 10.7. The number of hydrogen-bond donors (Lipinski definition) is 0. The lowest BCUT2D eigenvalue weighted by molar-refractivity contribution is 0.627. The van der Waals surface area contributed by atoms with Gasteiger partial charge in [-0.15, -0.1) is 21.8 Å². The molecule has 2 rings (SSSR count). The summed E-state index contributed by atoms with van der Waals surface area (Å²) in [6.07, 6.45) is 1.87. The van der Waals surface area contributed by atoms with E-state index in [4.69, 9.17) is 11.6 Å². The van der Waals surface area contributed by atoms with Crippen molar-refractivity contribution in [2.75, 3.05) is 0 Å². The van der Waals surface area contributed by atoms with Crippen LogP contribution in [0, 0.1) is 0 Å². The van der Waals surface area contributed by atoms with Gasteiger partial charge in [0, 0.05) is 13.0 Å². The monoisotopic (exact) mass is 249 g/mol. The van der Waals surface area contributed by atoms with Crippen LogP contribution in [0.25, 0.3) is 0 Å². The van der Waals surface area contributed by atoms with Gasteiger partial charge in [0.15, 0.2) is 0 Å². The third-order valence-corrected chi connectivity index (χ3v) is 2.91. The zero-order chi connectivity index (χ0) is 12.1. The van der Waals surface area contributed by atoms with Crippen LogP contribution in [0.1, 0.15) is 30.6 Å². The normalized spacial score (nSPS) is 10.7. The highest BCUT2D eigenvalue weighted by Crippen LogP contribution is 2.11. The quantitative estimate of drug-likeness (QED) is 0.763. The van der Waals surface area contributed by atoms with Crippen LogP contribution < -0.4 is 0 Å². The van der Waals surface area contributed by atoms with Gasteiger partial charge in [-0.1, -0.05) is 37.3 Å². The number of halogens is 1. The lowest BCUT2D eigenvalue weighted by Crippen LogP contribution is -2.07. The van der Waals surface area contributed by atoms with Crippen LogP contribution in [-0.2, 0) is 18.8 Å². The largest absolute Gasteiger partial charge is 0.314 e. The third kappa shape index (κ3) is 2.86. The van der Waals surface area contributed by atoms with E-state index in [1.165, 1.54) is 5.56 Å². The number of rotatable bonds is 5. The van der Waals surface area contributed by atoms with Crippen molar-refractivity contribution in [1.29, 1.82) is 0 Å². The molecule has 90 valence electrons. The van der Waals surface area contributed by atoms with E-state index in [-0.39, 0.29) is 0 Å². The Hall–Kier alpha value is -1.35. The first-order valence-corrected chi connectivity index (χ1v) is 6.39. The van der Waals surface area contributed by atoms with E-state index in [1.807, 2.05) is 18.2 Å². The van der Waals surface area contributed by atoms with Crippen LogP contribution in [0.4, 0.5) is 0 Å². The Bertz CT molecular complexity index is 465. The Morgan fingerprint density at radius 3 is 2.47 bits per heavy atom. The summed E-state index contributed by atoms with van der Waals surface area (Å²) in [4.78, 5) is 0. The van der Waals surface area contributed by atoms with Gasteiger partial charge in [0.1, 0.15) is 11.6 Å². The lowest BCUT2D eigenvalue weighted by Gasteiger charge is -2.07. The highest BCUT2D eigenvalue weighted by atomic mass is 35.5. The van der Waals surface area contributed by atoms with Crippen molar-refractivity contribution in [1.82, 2.24) is 14.8 Å². The molecule has 0 N–H and O–H groups in total. The molecule has 0 aliphatic rings. The summed E-state index contributed by atoms with van der Waals surface area (Å²) in [7, 11) is 0. The molecule has 1 aromatic carbocycles. The first-order chi connectivity index (χ1) is 8.35. The molecule has 2 aromatic rings. The predicted molar refractivity (Wildman–Crippen MR) is 69.1 cm³/mol. The molecule has 1 heterocycles. The van der Waals surface area contributed by atoms with Crippen LogP contribution in [-0.4, -0.2) is 14.8 Å². The van der Waals surface area contributed by atoms with E-state index in [1.54, 1.807) is 0 Å². The van der Waals surface area contributed by atoms with Gasteiger partial charge < -0.3 is 4.57 Å². The van der Waals surface area contributed by atoms with Crippen molar-refractivity contribution in [3.8, 4) is 0 Å². The molecule has 0 unspecified atom stereocenters. The van der Waals surface area contributed by atoms with Gasteiger partial charge in [0.25, 0.3) is 0 Å². The summed E-state index contributed by atoms with van der Waals surface area (Å²) in [5.74, 6) is 2.27. The van der Waals surface area contributed by atoms with Crippen LogP contribution >= 0.6 is 11.6 Å². The summed E-state index contributed by atoms with van der Waals surface area (Å²) in [6, 6.07) is 10.3. The Morgan fingerprint density at radius 1 is 1.12 bits per heavy atom. The molecular formula is C13H16ClN3. The Labute approximate surface area is 106 Å². The van der Waals surface area contributed by atoms with Crippen LogP contribution in [0.15, 0.2) is 30.3 Å². The summed E-state index contributed by atoms with van der Waals surface area (Å²) >= 11 is 5.86. The molecule has 0 aliphatic carbocycles. The van der Waals surface area contributed by atoms with Gasteiger partial charge in [-0.3, -0.25) is 0 Å². The number of alkyl halides is 1. The third-order valence-electron chi connectivity index (χ3n) is 2.68. The maximum absolute atomic E-state index is 5.86. The van der Waals surface area contributed by atoms with Crippen LogP contribution in [0.2, 0.25) is 0 Å². The smallest absolute Gasteiger partial charge is 0.147 e. The number of nitrogens with zero attached hydrogens (tertiary/aromatic N) is 3. The second-order valence-electron chi connectivity index (χ2n) is 3.98. The standard InChI is InChI=1S/C13H16ClN3/c1-2-8-17-12(15-16-13(17)10-14)9-11-6-4-3-5-7-11/h3-7H,2,8-10H2,1H3. The molecule has 3 nitrogen and oxygen atoms in total. The van der Waals surface area contributed by atoms with Gasteiger partial charge >= 0.3 is 0 Å². The number of aromatic nitrogens is 3. The summed E-state index contributed by atoms with van der Waals surface area (Å²) in [6.45, 7) is 3.07. The molecule has 17 heavy (non-hydrogen) atoms. The van der Waals surface area contributed by atoms with E-state index in [0.717, 1.165) is 31.0 Å². The molecule has 4 heteroatoms. The summed E-state index contributed by atoms with van der Waals surface area (Å²) in [5, 5.41) is 8.36. The maximum atomic E-state index is 5.86. The van der Waals surface area contributed by atoms with E-state index in [2.05, 4.69) is 33.8 Å². The van der Waals surface area contributed by atoms with Gasteiger partial charge in [-0.25, -0.2) is 0 Å². The minimum Gasteiger partial charge on any atom is -0.314 e. The number of benzene rings is 1. The van der Waals surface area contributed by atoms with E-state index in [9.17, 15) is 0 Å². The maximum Gasteiger partial charge on any atom is 0.147 e. The summed E-state index contributed by atoms with van der Waals surface area (Å²) < 4.78 is 2.12. The lowest BCUT2D eigenvalue weighted by atomic mass is 10.1. The van der Waals surface area contributed by atoms with Gasteiger partial charge in [0.05, 0.1) is 5.88 Å². The average molecular weight is 250 g/mol. The van der Waals surface area contributed by atoms with E-state index < -0.39 is 0 Å². The Balaban J connectivity index is 2.23. The first kappa shape index (κ1) is 12.1. The fraction of sp³-hybridized carbons (Fsp3) is 0.385. The average Bonchev–Trinajstić information content (AvgIpc) is 2.74. The van der Waals surface area contributed by atoms with Crippen molar-refractivity contribution in [3.05, 3.63) is 47.5 Å². The van der Waals surface area contributed by atoms with Crippen molar-refractivity contribution in [2.24, 2.45) is 0 Å². The first-order valence-electron chi connectivity index (χ1n) is 5.86. The van der Waals surface area contributed by atoms with Crippen molar-refractivity contribution >= 4 is 11.6 Å². The summed E-state index contributed by atoms with van der Waals surface area (Å²) in [5.41, 5.74) is 1.25. The highest BCUT2D eigenvalue weighted by Gasteiger charge is 2.10.